The van der Waals surface area contributed by atoms with E-state index in [0.717, 1.165) is 14.2 Å². The molecule has 0 saturated carbocycles. The predicted molar refractivity (Wildman–Crippen MR) is 36.5 cm³/mol. The van der Waals surface area contributed by atoms with Crippen LogP contribution in [0.1, 0.15) is 22.3 Å². The maximum absolute atomic E-state index is 7.00. The van der Waals surface area contributed by atoms with Crippen LogP contribution in [0.4, 0.5) is 0 Å². The van der Waals surface area contributed by atoms with Gasteiger partial charge >= 0.3 is 0 Å². The topological polar surface area (TPSA) is 40.5 Å². The molecule has 59 valence electrons. The summed E-state index contributed by atoms with van der Waals surface area (Å²) in [5, 5.41) is 14.0. The van der Waals surface area contributed by atoms with Gasteiger partial charge in [-0.05, 0) is 0 Å². The van der Waals surface area contributed by atoms with Crippen molar-refractivity contribution in [2.45, 2.75) is 22.3 Å². The van der Waals surface area contributed by atoms with E-state index < -0.39 is 0 Å². The summed E-state index contributed by atoms with van der Waals surface area (Å²) < 4.78 is 0. The van der Waals surface area contributed by atoms with E-state index in [9.17, 15) is 0 Å². The summed E-state index contributed by atoms with van der Waals surface area (Å²) in [6, 6.07) is 0. The summed E-state index contributed by atoms with van der Waals surface area (Å²) >= 11 is 0. The van der Waals surface area contributed by atoms with Crippen LogP contribution in [0, 0.1) is 0 Å². The number of aliphatic hydroxyl groups excluding tert-OH is 2. The minimum absolute atomic E-state index is 0. The van der Waals surface area contributed by atoms with Crippen LogP contribution in [-0.4, -0.2) is 24.4 Å². The van der Waals surface area contributed by atoms with Crippen LogP contribution in [0.5, 0.6) is 0 Å². The van der Waals surface area contributed by atoms with E-state index in [1.54, 1.807) is 0 Å². The van der Waals surface area contributed by atoms with Crippen LogP contribution < -0.4 is 0 Å². The van der Waals surface area contributed by atoms with Gasteiger partial charge < -0.3 is 10.2 Å². The molecule has 2 N–H and O–H groups in total. The Hall–Kier alpha value is 0.582. The van der Waals surface area contributed by atoms with E-state index in [1.807, 2.05) is 0 Å². The molecule has 2 nitrogen and oxygen atoms in total. The molecule has 0 bridgehead atoms. The molecule has 0 aromatic heterocycles. The van der Waals surface area contributed by atoms with Crippen LogP contribution in [0.25, 0.3) is 0 Å². The molecule has 0 aliphatic heterocycles. The zero-order valence-electron chi connectivity index (χ0n) is 3.27. The molecule has 0 aromatic rings. The molecule has 0 aliphatic carbocycles. The molecule has 1 radical (unpaired) electrons. The van der Waals surface area contributed by atoms with Crippen molar-refractivity contribution >= 4 is 0 Å². The third-order valence-corrected chi connectivity index (χ3v) is 0. The molecule has 0 rings (SSSR count). The maximum atomic E-state index is 7.00. The molecule has 0 fully saturated rings. The molecule has 3 heteroatoms. The van der Waals surface area contributed by atoms with Crippen molar-refractivity contribution in [2.24, 2.45) is 0 Å². The molecule has 0 aliphatic rings. The average molecular weight is 298 g/mol. The SMILES string of the molecule is C.C.C.CO.CO.[Re]. The van der Waals surface area contributed by atoms with E-state index in [2.05, 4.69) is 0 Å². The Bertz CT molecular complexity index is 10.4. The fourth-order valence-corrected chi connectivity index (χ4v) is 0. The van der Waals surface area contributed by atoms with E-state index in [0.29, 0.717) is 0 Å². The quantitative estimate of drug-likeness (QED) is 0.704. The molecule has 0 aromatic carbocycles. The second-order valence-electron chi connectivity index (χ2n) is 0. The molecule has 0 spiro atoms. The minimum Gasteiger partial charge on any atom is -0.400 e. The van der Waals surface area contributed by atoms with Gasteiger partial charge in [-0.3, -0.25) is 0 Å². The van der Waals surface area contributed by atoms with Gasteiger partial charge in [-0.25, -0.2) is 0 Å². The third-order valence-electron chi connectivity index (χ3n) is 0. The first kappa shape index (κ1) is 74.0. The second kappa shape index (κ2) is 969. The van der Waals surface area contributed by atoms with Gasteiger partial charge in [0.05, 0.1) is 0 Å². The van der Waals surface area contributed by atoms with Gasteiger partial charge in [-0.15, -0.1) is 0 Å². The second-order valence-corrected chi connectivity index (χ2v) is 0. The van der Waals surface area contributed by atoms with Crippen LogP contribution >= 0.6 is 0 Å². The van der Waals surface area contributed by atoms with Crippen molar-refractivity contribution < 1.29 is 30.6 Å². The Labute approximate surface area is 67.6 Å². The third kappa shape index (κ3) is 605. The van der Waals surface area contributed by atoms with Crippen molar-refractivity contribution in [1.29, 1.82) is 0 Å². The monoisotopic (exact) mass is 299 g/mol. The Morgan fingerprint density at radius 3 is 0.625 bits per heavy atom. The fourth-order valence-electron chi connectivity index (χ4n) is 0. The van der Waals surface area contributed by atoms with Crippen molar-refractivity contribution in [3.63, 3.8) is 0 Å². The minimum atomic E-state index is 0. The number of rotatable bonds is 0. The summed E-state index contributed by atoms with van der Waals surface area (Å²) in [5.41, 5.74) is 0. The molecule has 0 atom stereocenters. The van der Waals surface area contributed by atoms with Crippen molar-refractivity contribution in [3.8, 4) is 0 Å². The summed E-state index contributed by atoms with van der Waals surface area (Å²) in [6.07, 6.45) is 0. The van der Waals surface area contributed by atoms with E-state index >= 15 is 0 Å². The first-order chi connectivity index (χ1) is 2.00. The zero-order valence-corrected chi connectivity index (χ0v) is 5.99. The predicted octanol–water partition coefficient (Wildman–Crippen LogP) is 1.12. The van der Waals surface area contributed by atoms with E-state index in [-0.39, 0.29) is 42.7 Å². The fraction of sp³-hybridized carbons (Fsp3) is 1.00. The average Bonchev–Trinajstić information content (AvgIpc) is 1.50. The summed E-state index contributed by atoms with van der Waals surface area (Å²) in [4.78, 5) is 0. The number of hydrogen-bond donors (Lipinski definition) is 2. The van der Waals surface area contributed by atoms with Crippen LogP contribution in [0.15, 0.2) is 0 Å². The van der Waals surface area contributed by atoms with Gasteiger partial charge in [0, 0.05) is 34.6 Å². The molecule has 0 saturated heterocycles. The van der Waals surface area contributed by atoms with Crippen LogP contribution in [0.3, 0.4) is 0 Å². The normalized spacial score (nSPS) is 1.50. The van der Waals surface area contributed by atoms with Crippen LogP contribution in [-0.2, 0) is 20.4 Å². The van der Waals surface area contributed by atoms with Gasteiger partial charge in [0.1, 0.15) is 0 Å². The van der Waals surface area contributed by atoms with Gasteiger partial charge in [-0.1, -0.05) is 22.3 Å². The molecule has 8 heavy (non-hydrogen) atoms. The molecular weight excluding hydrogens is 278 g/mol. The Morgan fingerprint density at radius 1 is 0.625 bits per heavy atom. The largest absolute Gasteiger partial charge is 0.400 e. The smallest absolute Gasteiger partial charge is 0.0319 e. The standard InChI is InChI=1S/2CH4O.3CH4.Re/c2*1-2;;;;/h2*2H,1H3;3*1H4;. The molecule has 0 heterocycles. The first-order valence-electron chi connectivity index (χ1n) is 0.894. The summed E-state index contributed by atoms with van der Waals surface area (Å²) in [5.74, 6) is 0. The van der Waals surface area contributed by atoms with Crippen LogP contribution in [0.2, 0.25) is 0 Å². The van der Waals surface area contributed by atoms with Gasteiger partial charge in [0.15, 0.2) is 0 Å². The zero-order chi connectivity index (χ0) is 4.00. The van der Waals surface area contributed by atoms with Gasteiger partial charge in [0.2, 0.25) is 0 Å². The van der Waals surface area contributed by atoms with E-state index in [1.165, 1.54) is 0 Å². The Morgan fingerprint density at radius 2 is 0.625 bits per heavy atom. The molecule has 0 unspecified atom stereocenters. The Balaban J connectivity index is -0.00000000167. The van der Waals surface area contributed by atoms with Crippen molar-refractivity contribution in [1.82, 2.24) is 0 Å². The number of aliphatic hydroxyl groups is 2. The van der Waals surface area contributed by atoms with Crippen molar-refractivity contribution in [3.05, 3.63) is 0 Å². The molecular formula is C5H20O2Re. The Kier molecular flexibility index (Phi) is 8960. The van der Waals surface area contributed by atoms with E-state index in [4.69, 9.17) is 10.2 Å². The van der Waals surface area contributed by atoms with Gasteiger partial charge in [0.25, 0.3) is 0 Å². The first-order valence-corrected chi connectivity index (χ1v) is 0.894. The summed E-state index contributed by atoms with van der Waals surface area (Å²) in [6.45, 7) is 0. The maximum Gasteiger partial charge on any atom is 0.0319 e. The molecule has 0 amide bonds. The van der Waals surface area contributed by atoms with Gasteiger partial charge in [-0.2, -0.15) is 0 Å². The number of hydrogen-bond acceptors (Lipinski definition) is 2. The summed E-state index contributed by atoms with van der Waals surface area (Å²) in [7, 11) is 2.00. The van der Waals surface area contributed by atoms with Crippen molar-refractivity contribution in [2.75, 3.05) is 14.2 Å².